The summed E-state index contributed by atoms with van der Waals surface area (Å²) in [6.07, 6.45) is 6.76. The average molecular weight is 389 g/mol. The van der Waals surface area contributed by atoms with Gasteiger partial charge in [0.1, 0.15) is 12.7 Å². The van der Waals surface area contributed by atoms with Crippen molar-refractivity contribution in [2.45, 2.75) is 38.5 Å². The second-order valence-electron chi connectivity index (χ2n) is 7.26. The molecule has 0 aliphatic carbocycles. The van der Waals surface area contributed by atoms with Crippen molar-refractivity contribution in [2.24, 2.45) is 0 Å². The van der Waals surface area contributed by atoms with Crippen molar-refractivity contribution in [3.63, 3.8) is 0 Å². The molecule has 1 saturated heterocycles. The number of methoxy groups -OCH3 is 1. The number of hydrogen-bond acceptors (Lipinski definition) is 6. The minimum Gasteiger partial charge on any atom is -0.493 e. The summed E-state index contributed by atoms with van der Waals surface area (Å²) in [5, 5.41) is 17.8. The SMILES string of the molecule is COc1cc(CNCCCn2cccn2)ccc1OCC(O)CN1CCCC1. The van der Waals surface area contributed by atoms with Crippen LogP contribution < -0.4 is 14.8 Å². The van der Waals surface area contributed by atoms with Gasteiger partial charge >= 0.3 is 0 Å². The summed E-state index contributed by atoms with van der Waals surface area (Å²) >= 11 is 0. The molecule has 0 bridgehead atoms. The van der Waals surface area contributed by atoms with E-state index in [-0.39, 0.29) is 6.61 Å². The largest absolute Gasteiger partial charge is 0.493 e. The number of nitrogens with zero attached hydrogens (tertiary/aromatic N) is 3. The number of β-amino-alcohol motifs (C(OH)–C–C–N with tert-alkyl or cyclic N) is 1. The quantitative estimate of drug-likeness (QED) is 0.541. The highest BCUT2D eigenvalue weighted by Crippen LogP contribution is 2.28. The number of hydrogen-bond donors (Lipinski definition) is 2. The van der Waals surface area contributed by atoms with Crippen LogP contribution in [0.4, 0.5) is 0 Å². The van der Waals surface area contributed by atoms with Gasteiger partial charge in [0.2, 0.25) is 0 Å². The van der Waals surface area contributed by atoms with Crippen molar-refractivity contribution in [1.29, 1.82) is 0 Å². The number of likely N-dealkylation sites (tertiary alicyclic amines) is 1. The van der Waals surface area contributed by atoms with Gasteiger partial charge in [-0.1, -0.05) is 6.07 Å². The Kier molecular flexibility index (Phi) is 8.14. The van der Waals surface area contributed by atoms with Gasteiger partial charge in [-0.15, -0.1) is 0 Å². The predicted molar refractivity (Wildman–Crippen MR) is 109 cm³/mol. The summed E-state index contributed by atoms with van der Waals surface area (Å²) in [5.74, 6) is 1.37. The molecule has 0 radical (unpaired) electrons. The molecule has 1 fully saturated rings. The molecule has 1 unspecified atom stereocenters. The van der Waals surface area contributed by atoms with E-state index >= 15 is 0 Å². The molecule has 154 valence electrons. The Labute approximate surface area is 167 Å². The van der Waals surface area contributed by atoms with Gasteiger partial charge in [-0.3, -0.25) is 4.68 Å². The fourth-order valence-corrected chi connectivity index (χ4v) is 3.47. The Balaban J connectivity index is 1.39. The van der Waals surface area contributed by atoms with Crippen LogP contribution in [0.5, 0.6) is 11.5 Å². The molecule has 0 saturated carbocycles. The average Bonchev–Trinajstić information content (AvgIpc) is 3.40. The van der Waals surface area contributed by atoms with E-state index < -0.39 is 6.10 Å². The van der Waals surface area contributed by atoms with Crippen LogP contribution in [0.25, 0.3) is 0 Å². The summed E-state index contributed by atoms with van der Waals surface area (Å²) in [4.78, 5) is 2.28. The van der Waals surface area contributed by atoms with Crippen molar-refractivity contribution in [3.05, 3.63) is 42.2 Å². The number of aryl methyl sites for hydroxylation is 1. The minimum atomic E-state index is -0.487. The second kappa shape index (κ2) is 11.0. The van der Waals surface area contributed by atoms with Crippen LogP contribution in [-0.4, -0.2) is 65.8 Å². The molecule has 28 heavy (non-hydrogen) atoms. The van der Waals surface area contributed by atoms with Crippen LogP contribution in [0.2, 0.25) is 0 Å². The number of benzene rings is 1. The first-order valence-electron chi connectivity index (χ1n) is 10.1. The Morgan fingerprint density at radius 3 is 2.86 bits per heavy atom. The molecule has 0 spiro atoms. The normalized spacial score (nSPS) is 15.6. The Bertz CT molecular complexity index is 687. The van der Waals surface area contributed by atoms with E-state index in [0.717, 1.165) is 44.7 Å². The van der Waals surface area contributed by atoms with Crippen LogP contribution >= 0.6 is 0 Å². The molecule has 1 aromatic heterocycles. The molecule has 0 amide bonds. The first-order valence-corrected chi connectivity index (χ1v) is 10.1. The molecule has 2 N–H and O–H groups in total. The summed E-state index contributed by atoms with van der Waals surface area (Å²) < 4.78 is 13.2. The number of aliphatic hydroxyl groups excluding tert-OH is 1. The molecule has 7 nitrogen and oxygen atoms in total. The first kappa shape index (κ1) is 20.6. The fraction of sp³-hybridized carbons (Fsp3) is 0.571. The van der Waals surface area contributed by atoms with Crippen LogP contribution in [0.1, 0.15) is 24.8 Å². The van der Waals surface area contributed by atoms with Gasteiger partial charge < -0.3 is 24.8 Å². The van der Waals surface area contributed by atoms with Gasteiger partial charge in [0, 0.05) is 32.0 Å². The van der Waals surface area contributed by atoms with E-state index in [1.807, 2.05) is 35.1 Å². The van der Waals surface area contributed by atoms with Crippen LogP contribution in [0, 0.1) is 0 Å². The van der Waals surface area contributed by atoms with E-state index in [1.165, 1.54) is 12.8 Å². The molecule has 2 heterocycles. The van der Waals surface area contributed by atoms with Crippen molar-refractivity contribution in [2.75, 3.05) is 39.9 Å². The summed E-state index contributed by atoms with van der Waals surface area (Å²) in [5.41, 5.74) is 1.14. The monoisotopic (exact) mass is 388 g/mol. The number of aromatic nitrogens is 2. The first-order chi connectivity index (χ1) is 13.7. The van der Waals surface area contributed by atoms with Crippen molar-refractivity contribution in [1.82, 2.24) is 20.0 Å². The Morgan fingerprint density at radius 1 is 1.25 bits per heavy atom. The molecule has 2 aromatic rings. The molecule has 1 atom stereocenters. The fourth-order valence-electron chi connectivity index (χ4n) is 3.47. The van der Waals surface area contributed by atoms with E-state index in [9.17, 15) is 5.11 Å². The summed E-state index contributed by atoms with van der Waals surface area (Å²) in [6, 6.07) is 7.88. The zero-order valence-electron chi connectivity index (χ0n) is 16.7. The minimum absolute atomic E-state index is 0.276. The molecule has 7 heteroatoms. The van der Waals surface area contributed by atoms with Crippen molar-refractivity contribution >= 4 is 0 Å². The standard InChI is InChI=1S/C21H32N4O3/c1-27-21-14-18(15-22-8-4-12-25-13-5-9-23-25)6-7-20(21)28-17-19(26)16-24-10-2-3-11-24/h5-7,9,13-14,19,22,26H,2-4,8,10-12,15-17H2,1H3. The highest BCUT2D eigenvalue weighted by molar-refractivity contribution is 5.43. The third-order valence-corrected chi connectivity index (χ3v) is 4.96. The molecule has 1 aliphatic heterocycles. The lowest BCUT2D eigenvalue weighted by molar-refractivity contribution is 0.0747. The number of nitrogens with one attached hydrogen (secondary N) is 1. The van der Waals surface area contributed by atoms with Crippen molar-refractivity contribution in [3.8, 4) is 11.5 Å². The molecule has 1 aromatic carbocycles. The summed E-state index contributed by atoms with van der Waals surface area (Å²) in [7, 11) is 1.64. The lowest BCUT2D eigenvalue weighted by Gasteiger charge is -2.20. The third-order valence-electron chi connectivity index (χ3n) is 4.96. The van der Waals surface area contributed by atoms with Gasteiger partial charge in [0.25, 0.3) is 0 Å². The van der Waals surface area contributed by atoms with Gasteiger partial charge in [-0.25, -0.2) is 0 Å². The maximum atomic E-state index is 10.2. The van der Waals surface area contributed by atoms with E-state index in [4.69, 9.17) is 9.47 Å². The lowest BCUT2D eigenvalue weighted by Crippen LogP contribution is -2.33. The van der Waals surface area contributed by atoms with E-state index in [0.29, 0.717) is 18.0 Å². The third kappa shape index (κ3) is 6.51. The number of aliphatic hydroxyl groups is 1. The zero-order chi connectivity index (χ0) is 19.6. The zero-order valence-corrected chi connectivity index (χ0v) is 16.7. The van der Waals surface area contributed by atoms with Gasteiger partial charge in [0.05, 0.1) is 7.11 Å². The smallest absolute Gasteiger partial charge is 0.161 e. The summed E-state index contributed by atoms with van der Waals surface area (Å²) in [6.45, 7) is 5.70. The van der Waals surface area contributed by atoms with Crippen LogP contribution in [-0.2, 0) is 13.1 Å². The lowest BCUT2D eigenvalue weighted by atomic mass is 10.2. The predicted octanol–water partition coefficient (Wildman–Crippen LogP) is 1.91. The maximum Gasteiger partial charge on any atom is 0.161 e. The maximum absolute atomic E-state index is 10.2. The molecular formula is C21H32N4O3. The Morgan fingerprint density at radius 2 is 2.11 bits per heavy atom. The molecule has 3 rings (SSSR count). The Hall–Kier alpha value is -2.09. The van der Waals surface area contributed by atoms with Gasteiger partial charge in [0.15, 0.2) is 11.5 Å². The van der Waals surface area contributed by atoms with E-state index in [1.54, 1.807) is 13.3 Å². The van der Waals surface area contributed by atoms with Gasteiger partial charge in [-0.2, -0.15) is 5.10 Å². The van der Waals surface area contributed by atoms with E-state index in [2.05, 4.69) is 15.3 Å². The second-order valence-corrected chi connectivity index (χ2v) is 7.26. The number of rotatable bonds is 12. The highest BCUT2D eigenvalue weighted by Gasteiger charge is 2.17. The van der Waals surface area contributed by atoms with Crippen molar-refractivity contribution < 1.29 is 14.6 Å². The molecule has 1 aliphatic rings. The van der Waals surface area contributed by atoms with Gasteiger partial charge in [-0.05, 0) is 62.7 Å². The van der Waals surface area contributed by atoms with Crippen LogP contribution in [0.15, 0.2) is 36.7 Å². The molecular weight excluding hydrogens is 356 g/mol. The number of ether oxygens (including phenoxy) is 2. The topological polar surface area (TPSA) is 71.8 Å². The van der Waals surface area contributed by atoms with Crippen LogP contribution in [0.3, 0.4) is 0 Å². The highest BCUT2D eigenvalue weighted by atomic mass is 16.5.